The van der Waals surface area contributed by atoms with Gasteiger partial charge in [0.25, 0.3) is 23.6 Å². The van der Waals surface area contributed by atoms with E-state index in [1.165, 1.54) is 18.2 Å². The Balaban J connectivity index is 0.000000173. The topological polar surface area (TPSA) is 346 Å². The molecule has 4 fully saturated rings. The molecule has 2 saturated heterocycles. The highest BCUT2D eigenvalue weighted by molar-refractivity contribution is 6.32. The number of benzene rings is 6. The minimum absolute atomic E-state index is 0.0457. The number of ether oxygens (including phenoxy) is 4. The molecule has 29 heteroatoms. The van der Waals surface area contributed by atoms with Crippen molar-refractivity contribution >= 4 is 127 Å². The van der Waals surface area contributed by atoms with Crippen molar-refractivity contribution in [2.75, 3.05) is 74.4 Å². The number of amides is 9. The molecule has 9 amide bonds. The van der Waals surface area contributed by atoms with Crippen molar-refractivity contribution in [2.45, 2.75) is 115 Å². The van der Waals surface area contributed by atoms with Gasteiger partial charge in [-0.05, 0) is 196 Å². The van der Waals surface area contributed by atoms with E-state index in [9.17, 15) is 56.7 Å². The third-order valence-electron chi connectivity index (χ3n) is 21.3. The molecule has 6 heterocycles. The number of piperidine rings is 2. The van der Waals surface area contributed by atoms with Crippen LogP contribution in [0.2, 0.25) is 10.0 Å². The van der Waals surface area contributed by atoms with Crippen LogP contribution in [0.4, 0.5) is 31.5 Å². The Morgan fingerprint density at radius 1 is 0.541 bits per heavy atom. The first-order valence-corrected chi connectivity index (χ1v) is 37.8. The number of nitrogen functional groups attached to an aromatic ring is 1. The Morgan fingerprint density at radius 3 is 1.45 bits per heavy atom. The van der Waals surface area contributed by atoms with Crippen molar-refractivity contribution in [2.24, 2.45) is 23.7 Å². The van der Waals surface area contributed by atoms with Crippen LogP contribution in [0.15, 0.2) is 134 Å². The number of carbonyl (C=O) groups excluding carboxylic acids is 9. The van der Waals surface area contributed by atoms with Crippen LogP contribution in [-0.2, 0) is 38.2 Å². The summed E-state index contributed by atoms with van der Waals surface area (Å²) < 4.78 is 50.2. The lowest BCUT2D eigenvalue weighted by Gasteiger charge is -2.32. The number of fused-ring (bicyclic) bond motifs is 4. The van der Waals surface area contributed by atoms with Gasteiger partial charge in [0.2, 0.25) is 29.5 Å². The Kier molecular flexibility index (Phi) is 26.0. The van der Waals surface area contributed by atoms with Crippen LogP contribution in [0.1, 0.15) is 155 Å². The summed E-state index contributed by atoms with van der Waals surface area (Å²) in [5.74, 6) is -4.23. The summed E-state index contributed by atoms with van der Waals surface area (Å²) in [6.07, 6.45) is 11.2. The zero-order valence-corrected chi connectivity index (χ0v) is 62.5. The number of aromatic nitrogens is 2. The Labute approximate surface area is 648 Å². The number of imide groups is 4. The molecule has 4 atom stereocenters. The molecule has 25 nitrogen and oxygen atoms in total. The maximum atomic E-state index is 14.0. The van der Waals surface area contributed by atoms with Gasteiger partial charge in [0.1, 0.15) is 48.4 Å². The number of nitrogens with one attached hydrogen (secondary N) is 5. The molecule has 14 rings (SSSR count). The molecule has 6 aliphatic rings. The number of carbonyl (C=O) groups is 10. The number of pyridine rings is 2. The third kappa shape index (κ3) is 18.7. The molecule has 8 aromatic rings. The summed E-state index contributed by atoms with van der Waals surface area (Å²) >= 11 is 12.4. The van der Waals surface area contributed by atoms with Crippen molar-refractivity contribution in [1.82, 2.24) is 30.4 Å². The molecule has 2 aliphatic carbocycles. The first-order valence-electron chi connectivity index (χ1n) is 37.1. The SMILES string of the molecule is C[C@@H](C(=O)Nc1ccc(Cl)c(OCCOCCNc2cccc3c2C(=O)N(C2CCC(=O)NC2=O)C3=O)c1)C1CCC(c2ccnc3ccc(F)cc23)CC1.C[C@@H](C(=O)O)C1CCC(c2ccnc3ccc(F)cc23)CC1.Nc1ccc(Cl)c(OCCOCCNc2cccc3c2C(=O)N(C2CCC(=O)NC2=O)C3=O)c1. The fraction of sp³-hybridized carbons (Fsp3) is 0.366. The lowest BCUT2D eigenvalue weighted by Crippen LogP contribution is -2.54. The predicted octanol–water partition coefficient (Wildman–Crippen LogP) is 12.7. The molecule has 111 heavy (non-hydrogen) atoms. The monoisotopic (exact) mass is 1560 g/mol. The first-order chi connectivity index (χ1) is 53.5. The summed E-state index contributed by atoms with van der Waals surface area (Å²) in [5.41, 5.74) is 12.4. The average molecular weight is 1560 g/mol. The van der Waals surface area contributed by atoms with Crippen LogP contribution >= 0.6 is 23.2 Å². The summed E-state index contributed by atoms with van der Waals surface area (Å²) in [4.78, 5) is 135. The van der Waals surface area contributed by atoms with Gasteiger partial charge >= 0.3 is 5.97 Å². The molecule has 0 bridgehead atoms. The number of hydrogen-bond donors (Lipinski definition) is 7. The van der Waals surface area contributed by atoms with E-state index >= 15 is 0 Å². The number of carboxylic acid groups (broad SMARTS) is 1. The average Bonchev–Trinajstić information content (AvgIpc) is 1.60. The van der Waals surface area contributed by atoms with Crippen LogP contribution < -0.4 is 41.8 Å². The number of carboxylic acids is 1. The van der Waals surface area contributed by atoms with Gasteiger partial charge in [-0.1, -0.05) is 49.2 Å². The van der Waals surface area contributed by atoms with Gasteiger partial charge < -0.3 is 45.7 Å². The summed E-state index contributed by atoms with van der Waals surface area (Å²) in [6, 6.07) is 31.1. The molecule has 0 radical (unpaired) electrons. The highest BCUT2D eigenvalue weighted by Gasteiger charge is 2.47. The van der Waals surface area contributed by atoms with Gasteiger partial charge in [-0.15, -0.1) is 0 Å². The summed E-state index contributed by atoms with van der Waals surface area (Å²) in [6.45, 7) is 6.01. The minimum Gasteiger partial charge on any atom is -0.490 e. The molecule has 8 N–H and O–H groups in total. The van der Waals surface area contributed by atoms with Gasteiger partial charge in [0, 0.05) is 89.9 Å². The van der Waals surface area contributed by atoms with Crippen molar-refractivity contribution in [3.63, 3.8) is 0 Å². The minimum atomic E-state index is -1.04. The fourth-order valence-electron chi connectivity index (χ4n) is 15.3. The molecule has 0 spiro atoms. The quantitative estimate of drug-likeness (QED) is 0.0159. The highest BCUT2D eigenvalue weighted by Crippen LogP contribution is 2.44. The normalized spacial score (nSPS) is 20.1. The third-order valence-corrected chi connectivity index (χ3v) is 21.9. The number of anilines is 4. The number of nitrogens with zero attached hydrogens (tertiary/aromatic N) is 4. The van der Waals surface area contributed by atoms with Crippen molar-refractivity contribution in [3.05, 3.63) is 189 Å². The lowest BCUT2D eigenvalue weighted by atomic mass is 9.73. The van der Waals surface area contributed by atoms with E-state index in [0.29, 0.717) is 76.5 Å². The number of hydrogen-bond acceptors (Lipinski definition) is 19. The van der Waals surface area contributed by atoms with E-state index in [1.54, 1.807) is 110 Å². The first kappa shape index (κ1) is 79.5. The van der Waals surface area contributed by atoms with E-state index in [-0.39, 0.29) is 121 Å². The molecule has 2 aromatic heterocycles. The van der Waals surface area contributed by atoms with E-state index in [1.807, 2.05) is 19.1 Å². The Morgan fingerprint density at radius 2 is 0.991 bits per heavy atom. The van der Waals surface area contributed by atoms with Crippen LogP contribution in [0.25, 0.3) is 21.8 Å². The van der Waals surface area contributed by atoms with Crippen molar-refractivity contribution in [3.8, 4) is 11.5 Å². The molecule has 4 aliphatic heterocycles. The zero-order chi connectivity index (χ0) is 78.6. The van der Waals surface area contributed by atoms with Crippen LogP contribution in [0.3, 0.4) is 0 Å². The van der Waals surface area contributed by atoms with Crippen LogP contribution in [0, 0.1) is 35.3 Å². The van der Waals surface area contributed by atoms with Gasteiger partial charge in [-0.3, -0.25) is 78.3 Å². The molecule has 2 saturated carbocycles. The molecule has 580 valence electrons. The van der Waals surface area contributed by atoms with Gasteiger partial charge in [0.15, 0.2) is 0 Å². The van der Waals surface area contributed by atoms with E-state index in [0.717, 1.165) is 94.1 Å². The number of rotatable bonds is 25. The molecular weight excluding hydrogens is 1470 g/mol. The lowest BCUT2D eigenvalue weighted by molar-refractivity contribution is -0.143. The van der Waals surface area contributed by atoms with Gasteiger partial charge in [-0.25, -0.2) is 8.78 Å². The number of nitrogens with two attached hydrogens (primary N) is 1. The predicted molar refractivity (Wildman–Crippen MR) is 411 cm³/mol. The van der Waals surface area contributed by atoms with Gasteiger partial charge in [0.05, 0.1) is 75.7 Å². The highest BCUT2D eigenvalue weighted by atomic mass is 35.5. The maximum Gasteiger partial charge on any atom is 0.306 e. The Hall–Kier alpha value is -11.0. The van der Waals surface area contributed by atoms with Crippen LogP contribution in [0.5, 0.6) is 11.5 Å². The van der Waals surface area contributed by atoms with Crippen molar-refractivity contribution in [1.29, 1.82) is 0 Å². The zero-order valence-electron chi connectivity index (χ0n) is 61.0. The second kappa shape index (κ2) is 36.2. The fourth-order valence-corrected chi connectivity index (χ4v) is 15.7. The Bertz CT molecular complexity index is 4900. The maximum absolute atomic E-state index is 14.0. The summed E-state index contributed by atoms with van der Waals surface area (Å²) in [7, 11) is 0. The second-order valence-electron chi connectivity index (χ2n) is 28.2. The van der Waals surface area contributed by atoms with E-state index in [4.69, 9.17) is 53.0 Å². The molecule has 2 unspecified atom stereocenters. The van der Waals surface area contributed by atoms with Gasteiger partial charge in [-0.2, -0.15) is 0 Å². The van der Waals surface area contributed by atoms with E-state index < -0.39 is 65.3 Å². The van der Waals surface area contributed by atoms with Crippen LogP contribution in [-0.4, -0.2) is 149 Å². The smallest absolute Gasteiger partial charge is 0.306 e. The summed E-state index contributed by atoms with van der Waals surface area (Å²) in [5, 5.41) is 25.4. The largest absolute Gasteiger partial charge is 0.490 e. The van der Waals surface area contributed by atoms with Crippen molar-refractivity contribution < 1.29 is 80.8 Å². The van der Waals surface area contributed by atoms with E-state index in [2.05, 4.69) is 36.6 Å². The second-order valence-corrected chi connectivity index (χ2v) is 29.0. The number of halogens is 4. The molecule has 6 aromatic carbocycles. The number of aliphatic carboxylic acids is 1. The molecular formula is C82H84Cl2F2N10O15. The standard InChI is InChI=1S/C41H41ClFN5O7.C23H23ClN4O6.C18H20FNO2/c1-23(24-5-7-25(8-6-24)28-15-16-44-32-12-9-26(43)21-30(28)32)38(50)46-27-10-11-31(42)35(22-27)55-20-19-54-18-17-45-33-4-2-3-29-37(33)41(53)48(40(29)52)34-13-14-36(49)47-39(34)51;24-15-5-4-13(25)12-18(15)34-11-10-33-9-8-26-16-3-1-2-14-20(16)23(32)28(22(14)31)17-6-7-19(29)27-21(17)30;1-11(18(21)22)12-2-4-13(5-3-12)15-8-9-20-17-7-6-14(19)10-16(15)17/h2-4,9-12,15-16,21-25,34,45H,5-8,13-14,17-20H2,1H3,(H,46,50)(H,47,49,51);1-5,12,17,26H,6-11,25H2,(H,27,29,30);6-13H,2-5H2,1H3,(H,21,22)/t23-,24?,25?,34?;;11-,12?,13?/m1.1/s1.